The lowest BCUT2D eigenvalue weighted by atomic mass is 9.68. The molecule has 1 aliphatic rings. The van der Waals surface area contributed by atoms with Gasteiger partial charge in [-0.3, -0.25) is 0 Å². The van der Waals surface area contributed by atoms with Gasteiger partial charge in [0.25, 0.3) is 0 Å². The van der Waals surface area contributed by atoms with Crippen LogP contribution < -0.4 is 0 Å². The number of aromatic nitrogens is 1. The van der Waals surface area contributed by atoms with Crippen LogP contribution in [0.25, 0.3) is 60.9 Å². The van der Waals surface area contributed by atoms with Gasteiger partial charge in [0, 0.05) is 22.4 Å². The maximum absolute atomic E-state index is 2.48. The molecule has 0 fully saturated rings. The fraction of sp³-hybridized carbons (Fsp3) is 0.0323. The van der Waals surface area contributed by atoms with Gasteiger partial charge in [0.05, 0.1) is 16.4 Å². The zero-order valence-electron chi connectivity index (χ0n) is 34.8. The van der Waals surface area contributed by atoms with Crippen LogP contribution in [0, 0.1) is 0 Å². The first-order valence-corrected chi connectivity index (χ1v) is 22.0. The molecular weight excluding hydrogens is 759 g/mol. The molecule has 10 aromatic carbocycles. The smallest absolute Gasteiger partial charge is 0.0713 e. The molecule has 0 saturated carbocycles. The van der Waals surface area contributed by atoms with E-state index in [4.69, 9.17) is 0 Å². The molecule has 0 radical (unpaired) electrons. The van der Waals surface area contributed by atoms with E-state index < -0.39 is 5.41 Å². The Labute approximate surface area is 368 Å². The van der Waals surface area contributed by atoms with Gasteiger partial charge in [-0.25, -0.2) is 0 Å². The highest BCUT2D eigenvalue weighted by Crippen LogP contribution is 2.56. The van der Waals surface area contributed by atoms with Crippen molar-refractivity contribution < 1.29 is 0 Å². The number of para-hydroxylation sites is 1. The van der Waals surface area contributed by atoms with Crippen LogP contribution in [0.2, 0.25) is 0 Å². The Bertz CT molecular complexity index is 3380. The highest BCUT2D eigenvalue weighted by molar-refractivity contribution is 6.10. The second-order valence-corrected chi connectivity index (χ2v) is 16.8. The third-order valence-corrected chi connectivity index (χ3v) is 13.4. The molecule has 0 amide bonds. The molecule has 1 nitrogen and oxygen atoms in total. The second kappa shape index (κ2) is 15.2. The average Bonchev–Trinajstić information content (AvgIpc) is 3.85. The molecule has 63 heavy (non-hydrogen) atoms. The van der Waals surface area contributed by atoms with Gasteiger partial charge in [0.15, 0.2) is 0 Å². The van der Waals surface area contributed by atoms with Gasteiger partial charge in [0.1, 0.15) is 0 Å². The van der Waals surface area contributed by atoms with Crippen LogP contribution >= 0.6 is 0 Å². The van der Waals surface area contributed by atoms with E-state index in [9.17, 15) is 0 Å². The Hall–Kier alpha value is -8.00. The van der Waals surface area contributed by atoms with Crippen molar-refractivity contribution in [3.8, 4) is 39.1 Å². The molecule has 0 bridgehead atoms. The summed E-state index contributed by atoms with van der Waals surface area (Å²) in [5, 5.41) is 2.50. The number of nitrogens with zero attached hydrogens (tertiary/aromatic N) is 1. The minimum atomic E-state index is -0.437. The van der Waals surface area contributed by atoms with Crippen molar-refractivity contribution in [1.82, 2.24) is 4.57 Å². The Morgan fingerprint density at radius 1 is 0.302 bits per heavy atom. The predicted octanol–water partition coefficient (Wildman–Crippen LogP) is 15.7. The molecule has 1 aromatic heterocycles. The Balaban J connectivity index is 1.01. The summed E-state index contributed by atoms with van der Waals surface area (Å²) in [5.41, 5.74) is 19.5. The highest BCUT2D eigenvalue weighted by Gasteiger charge is 2.46. The van der Waals surface area contributed by atoms with Crippen LogP contribution in [-0.4, -0.2) is 4.57 Å². The van der Waals surface area contributed by atoms with Crippen molar-refractivity contribution in [2.75, 3.05) is 0 Å². The first-order valence-electron chi connectivity index (χ1n) is 22.0. The van der Waals surface area contributed by atoms with E-state index in [1.807, 2.05) is 0 Å². The topological polar surface area (TPSA) is 4.93 Å². The average molecular weight is 802 g/mol. The number of rotatable bonds is 8. The van der Waals surface area contributed by atoms with Crippen molar-refractivity contribution in [2.24, 2.45) is 0 Å². The fourth-order valence-electron chi connectivity index (χ4n) is 10.6. The van der Waals surface area contributed by atoms with Crippen molar-refractivity contribution >= 4 is 21.8 Å². The van der Waals surface area contributed by atoms with Gasteiger partial charge in [0.2, 0.25) is 0 Å². The molecule has 296 valence electrons. The van der Waals surface area contributed by atoms with Gasteiger partial charge in [-0.05, 0) is 96.6 Å². The zero-order valence-corrected chi connectivity index (χ0v) is 34.8. The van der Waals surface area contributed by atoms with Crippen molar-refractivity contribution in [2.45, 2.75) is 11.3 Å². The van der Waals surface area contributed by atoms with Gasteiger partial charge < -0.3 is 4.57 Å². The predicted molar refractivity (Wildman–Crippen MR) is 263 cm³/mol. The third-order valence-electron chi connectivity index (χ3n) is 13.4. The van der Waals surface area contributed by atoms with Crippen molar-refractivity contribution in [3.63, 3.8) is 0 Å². The summed E-state index contributed by atoms with van der Waals surface area (Å²) in [6.45, 7) is 0. The molecule has 0 spiro atoms. The molecule has 1 aliphatic carbocycles. The molecule has 1 atom stereocenters. The normalized spacial score (nSPS) is 13.1. The van der Waals surface area contributed by atoms with Crippen LogP contribution in [0.4, 0.5) is 0 Å². The molecule has 1 unspecified atom stereocenters. The van der Waals surface area contributed by atoms with Gasteiger partial charge in [-0.1, -0.05) is 231 Å². The lowest BCUT2D eigenvalue weighted by Gasteiger charge is -2.33. The Morgan fingerprint density at radius 3 is 1.57 bits per heavy atom. The molecule has 0 N–H and O–H groups in total. The van der Waals surface area contributed by atoms with E-state index in [-0.39, 0.29) is 5.92 Å². The minimum absolute atomic E-state index is 0.0827. The van der Waals surface area contributed by atoms with E-state index in [0.29, 0.717) is 0 Å². The second-order valence-electron chi connectivity index (χ2n) is 16.8. The highest BCUT2D eigenvalue weighted by atomic mass is 15.0. The van der Waals surface area contributed by atoms with E-state index >= 15 is 0 Å². The maximum Gasteiger partial charge on any atom is 0.0713 e. The zero-order chi connectivity index (χ0) is 41.7. The largest absolute Gasteiger partial charge is 0.309 e. The van der Waals surface area contributed by atoms with Crippen LogP contribution in [0.3, 0.4) is 0 Å². The first-order chi connectivity index (χ1) is 31.3. The standard InChI is InChI=1S/C62H43N/c1-5-18-43(19-6-1)44-32-34-46(35-33-44)61(45-20-7-2-8-21-45)49-23-17-22-47(40-49)48-36-38-55-54-29-14-16-31-59(54)63(60(55)41-48)52-37-39-58-56(42-52)53-28-13-15-30-57(53)62(58,50-24-9-3-10-25-50)51-26-11-4-12-27-51/h1-42,61H. The summed E-state index contributed by atoms with van der Waals surface area (Å²) < 4.78 is 2.48. The lowest BCUT2D eigenvalue weighted by Crippen LogP contribution is -2.28. The lowest BCUT2D eigenvalue weighted by molar-refractivity contribution is 0.768. The number of hydrogen-bond donors (Lipinski definition) is 0. The molecule has 0 aliphatic heterocycles. The van der Waals surface area contributed by atoms with Gasteiger partial charge in [-0.2, -0.15) is 0 Å². The van der Waals surface area contributed by atoms with E-state index in [2.05, 4.69) is 259 Å². The van der Waals surface area contributed by atoms with Crippen LogP contribution in [0.15, 0.2) is 255 Å². The van der Waals surface area contributed by atoms with Crippen LogP contribution in [0.1, 0.15) is 44.9 Å². The summed E-state index contributed by atoms with van der Waals surface area (Å²) >= 11 is 0. The van der Waals surface area contributed by atoms with Gasteiger partial charge >= 0.3 is 0 Å². The van der Waals surface area contributed by atoms with E-state index in [1.54, 1.807) is 0 Å². The monoisotopic (exact) mass is 801 g/mol. The number of hydrogen-bond acceptors (Lipinski definition) is 0. The summed E-state index contributed by atoms with van der Waals surface area (Å²) in [4.78, 5) is 0. The van der Waals surface area contributed by atoms with E-state index in [0.717, 1.165) is 5.69 Å². The van der Waals surface area contributed by atoms with Crippen molar-refractivity contribution in [3.05, 3.63) is 294 Å². The third kappa shape index (κ3) is 6.00. The molecular formula is C62H43N. The van der Waals surface area contributed by atoms with E-state index in [1.165, 1.54) is 94.1 Å². The molecule has 1 heterocycles. The summed E-state index contributed by atoms with van der Waals surface area (Å²) in [7, 11) is 0. The van der Waals surface area contributed by atoms with Gasteiger partial charge in [-0.15, -0.1) is 0 Å². The van der Waals surface area contributed by atoms with Crippen molar-refractivity contribution in [1.29, 1.82) is 0 Å². The Kier molecular flexibility index (Phi) is 8.86. The van der Waals surface area contributed by atoms with Crippen LogP contribution in [0.5, 0.6) is 0 Å². The summed E-state index contributed by atoms with van der Waals surface area (Å²) in [6, 6.07) is 94.0. The maximum atomic E-state index is 2.48. The summed E-state index contributed by atoms with van der Waals surface area (Å²) in [6.07, 6.45) is 0. The fourth-order valence-corrected chi connectivity index (χ4v) is 10.6. The first kappa shape index (κ1) is 36.8. The van der Waals surface area contributed by atoms with Crippen LogP contribution in [-0.2, 0) is 5.41 Å². The molecule has 11 aromatic rings. The molecule has 1 heteroatoms. The molecule has 0 saturated heterocycles. The Morgan fingerprint density at radius 2 is 0.825 bits per heavy atom. The SMILES string of the molecule is c1ccc(-c2ccc(C(c3ccccc3)c3cccc(-c4ccc5c6ccccc6n(-c6ccc7c(c6)-c6ccccc6C7(c6ccccc6)c6ccccc6)c5c4)c3)cc2)cc1. The summed E-state index contributed by atoms with van der Waals surface area (Å²) in [5.74, 6) is 0.0827. The quantitative estimate of drug-likeness (QED) is 0.135. The number of fused-ring (bicyclic) bond motifs is 6. The minimum Gasteiger partial charge on any atom is -0.309 e. The number of benzene rings is 10. The molecule has 12 rings (SSSR count).